The molecule has 0 amide bonds. The van der Waals surface area contributed by atoms with Crippen molar-refractivity contribution in [2.75, 3.05) is 0 Å². The molecule has 2 rings (SSSR count). The smallest absolute Gasteiger partial charge is 0.0995 e. The lowest BCUT2D eigenvalue weighted by Crippen LogP contribution is -2.35. The maximum absolute atomic E-state index is 4.32. The maximum Gasteiger partial charge on any atom is 0.0995 e. The Labute approximate surface area is 108 Å². The van der Waals surface area contributed by atoms with Gasteiger partial charge in [-0.3, -0.25) is 4.98 Å². The van der Waals surface area contributed by atoms with Crippen LogP contribution in [0.1, 0.15) is 32.2 Å². The molecule has 0 radical (unpaired) electrons. The van der Waals surface area contributed by atoms with Crippen LogP contribution in [0.3, 0.4) is 0 Å². The van der Waals surface area contributed by atoms with Crippen molar-refractivity contribution in [3.05, 3.63) is 42.2 Å². The highest BCUT2D eigenvalue weighted by Crippen LogP contribution is 2.11. The van der Waals surface area contributed by atoms with E-state index in [4.69, 9.17) is 0 Å². The van der Waals surface area contributed by atoms with Gasteiger partial charge < -0.3 is 9.88 Å². The van der Waals surface area contributed by atoms with Gasteiger partial charge >= 0.3 is 0 Å². The van der Waals surface area contributed by atoms with Crippen LogP contribution in [0.4, 0.5) is 0 Å². The van der Waals surface area contributed by atoms with Crippen molar-refractivity contribution in [2.45, 2.75) is 39.8 Å². The fourth-order valence-electron chi connectivity index (χ4n) is 1.64. The summed E-state index contributed by atoms with van der Waals surface area (Å²) in [6, 6.07) is 4.07. The lowest BCUT2D eigenvalue weighted by atomic mass is 10.1. The summed E-state index contributed by atoms with van der Waals surface area (Å²) in [6.45, 7) is 9.24. The van der Waals surface area contributed by atoms with Gasteiger partial charge in [-0.2, -0.15) is 0 Å². The van der Waals surface area contributed by atoms with E-state index in [0.717, 1.165) is 23.6 Å². The van der Waals surface area contributed by atoms with Crippen molar-refractivity contribution in [3.8, 4) is 5.69 Å². The fraction of sp³-hybridized carbons (Fsp3) is 0.429. The number of imidazole rings is 1. The first-order chi connectivity index (χ1) is 8.46. The van der Waals surface area contributed by atoms with Crippen molar-refractivity contribution < 1.29 is 0 Å². The Bertz CT molecular complexity index is 505. The zero-order valence-electron chi connectivity index (χ0n) is 11.4. The monoisotopic (exact) mass is 244 g/mol. The maximum atomic E-state index is 4.32. The SMILES string of the molecule is Cc1ccc(-n2cncc2CNC(C)(C)C)cn1. The van der Waals surface area contributed by atoms with Crippen LogP contribution in [0.2, 0.25) is 0 Å². The van der Waals surface area contributed by atoms with Crippen molar-refractivity contribution in [1.29, 1.82) is 0 Å². The summed E-state index contributed by atoms with van der Waals surface area (Å²) in [4.78, 5) is 8.53. The van der Waals surface area contributed by atoms with E-state index in [2.05, 4.69) is 46.7 Å². The summed E-state index contributed by atoms with van der Waals surface area (Å²) < 4.78 is 2.06. The average Bonchev–Trinajstić information content (AvgIpc) is 2.75. The Morgan fingerprint density at radius 1 is 1.22 bits per heavy atom. The molecule has 0 spiro atoms. The standard InChI is InChI=1S/C14H20N4/c1-11-5-6-12(8-16-11)18-10-15-7-13(18)9-17-14(2,3)4/h5-8,10,17H,9H2,1-4H3. The van der Waals surface area contributed by atoms with Gasteiger partial charge in [-0.1, -0.05) is 0 Å². The summed E-state index contributed by atoms with van der Waals surface area (Å²) in [7, 11) is 0. The lowest BCUT2D eigenvalue weighted by molar-refractivity contribution is 0.419. The number of aryl methyl sites for hydroxylation is 1. The first-order valence-electron chi connectivity index (χ1n) is 6.15. The predicted molar refractivity (Wildman–Crippen MR) is 72.7 cm³/mol. The molecule has 18 heavy (non-hydrogen) atoms. The number of hydrogen-bond acceptors (Lipinski definition) is 3. The minimum Gasteiger partial charge on any atom is -0.306 e. The topological polar surface area (TPSA) is 42.7 Å². The molecule has 0 aromatic carbocycles. The van der Waals surface area contributed by atoms with Crippen LogP contribution < -0.4 is 5.32 Å². The van der Waals surface area contributed by atoms with Crippen molar-refractivity contribution in [3.63, 3.8) is 0 Å². The lowest BCUT2D eigenvalue weighted by Gasteiger charge is -2.20. The minimum absolute atomic E-state index is 0.0978. The Morgan fingerprint density at radius 3 is 2.61 bits per heavy atom. The molecule has 2 heterocycles. The van der Waals surface area contributed by atoms with E-state index >= 15 is 0 Å². The molecule has 2 aromatic heterocycles. The number of nitrogens with zero attached hydrogens (tertiary/aromatic N) is 3. The summed E-state index contributed by atoms with van der Waals surface area (Å²) >= 11 is 0. The van der Waals surface area contributed by atoms with Gasteiger partial charge in [0.1, 0.15) is 0 Å². The van der Waals surface area contributed by atoms with Crippen molar-refractivity contribution in [1.82, 2.24) is 19.9 Å². The molecule has 1 N–H and O–H groups in total. The first-order valence-corrected chi connectivity index (χ1v) is 6.15. The molecule has 0 bridgehead atoms. The third-order valence-corrected chi connectivity index (χ3v) is 2.69. The Balaban J connectivity index is 2.20. The molecule has 2 aromatic rings. The Hall–Kier alpha value is -1.68. The third kappa shape index (κ3) is 3.17. The molecule has 4 heteroatoms. The van der Waals surface area contributed by atoms with Crippen molar-refractivity contribution >= 4 is 0 Å². The quantitative estimate of drug-likeness (QED) is 0.902. The van der Waals surface area contributed by atoms with Crippen LogP contribution in [-0.4, -0.2) is 20.1 Å². The first kappa shape index (κ1) is 12.8. The molecule has 0 aliphatic heterocycles. The minimum atomic E-state index is 0.0978. The largest absolute Gasteiger partial charge is 0.306 e. The van der Waals surface area contributed by atoms with E-state index in [1.807, 2.05) is 31.7 Å². The summed E-state index contributed by atoms with van der Waals surface area (Å²) in [5.41, 5.74) is 3.30. The van der Waals surface area contributed by atoms with Gasteiger partial charge in [-0.25, -0.2) is 4.98 Å². The van der Waals surface area contributed by atoms with Crippen LogP contribution in [0.25, 0.3) is 5.69 Å². The molecule has 4 nitrogen and oxygen atoms in total. The molecule has 0 fully saturated rings. The highest BCUT2D eigenvalue weighted by atomic mass is 15.1. The van der Waals surface area contributed by atoms with Gasteiger partial charge in [0, 0.05) is 24.0 Å². The summed E-state index contributed by atoms with van der Waals surface area (Å²) in [6.07, 6.45) is 5.59. The molecule has 0 unspecified atom stereocenters. The predicted octanol–water partition coefficient (Wildman–Crippen LogP) is 2.46. The second-order valence-corrected chi connectivity index (χ2v) is 5.52. The number of pyridine rings is 1. The van der Waals surface area contributed by atoms with Gasteiger partial charge in [0.2, 0.25) is 0 Å². The Kier molecular flexibility index (Phi) is 3.48. The third-order valence-electron chi connectivity index (χ3n) is 2.69. The number of rotatable bonds is 3. The van der Waals surface area contributed by atoms with Crippen LogP contribution in [-0.2, 0) is 6.54 Å². The van der Waals surface area contributed by atoms with Crippen LogP contribution in [0.15, 0.2) is 30.9 Å². The molecule has 0 aliphatic rings. The second kappa shape index (κ2) is 4.90. The van der Waals surface area contributed by atoms with Crippen LogP contribution in [0.5, 0.6) is 0 Å². The van der Waals surface area contributed by atoms with E-state index in [0.29, 0.717) is 0 Å². The molecule has 0 atom stereocenters. The summed E-state index contributed by atoms with van der Waals surface area (Å²) in [5.74, 6) is 0. The zero-order valence-corrected chi connectivity index (χ0v) is 11.4. The molecule has 0 saturated carbocycles. The number of aromatic nitrogens is 3. The highest BCUT2D eigenvalue weighted by molar-refractivity contribution is 5.31. The van der Waals surface area contributed by atoms with E-state index in [-0.39, 0.29) is 5.54 Å². The molecule has 0 aliphatic carbocycles. The molecular weight excluding hydrogens is 224 g/mol. The van der Waals surface area contributed by atoms with Gasteiger partial charge in [0.15, 0.2) is 0 Å². The molecular formula is C14H20N4. The second-order valence-electron chi connectivity index (χ2n) is 5.52. The van der Waals surface area contributed by atoms with Gasteiger partial charge in [-0.15, -0.1) is 0 Å². The van der Waals surface area contributed by atoms with E-state index in [1.54, 1.807) is 0 Å². The normalized spacial score (nSPS) is 11.8. The van der Waals surface area contributed by atoms with E-state index in [9.17, 15) is 0 Å². The van der Waals surface area contributed by atoms with Crippen molar-refractivity contribution in [2.24, 2.45) is 0 Å². The molecule has 0 saturated heterocycles. The average molecular weight is 244 g/mol. The van der Waals surface area contributed by atoms with Crippen LogP contribution in [0, 0.1) is 6.92 Å². The van der Waals surface area contributed by atoms with E-state index < -0.39 is 0 Å². The fourth-order valence-corrected chi connectivity index (χ4v) is 1.64. The zero-order chi connectivity index (χ0) is 13.2. The van der Waals surface area contributed by atoms with Gasteiger partial charge in [0.25, 0.3) is 0 Å². The Morgan fingerprint density at radius 2 is 2.00 bits per heavy atom. The number of hydrogen-bond donors (Lipinski definition) is 1. The summed E-state index contributed by atoms with van der Waals surface area (Å²) in [5, 5.41) is 3.46. The van der Waals surface area contributed by atoms with Crippen LogP contribution >= 0.6 is 0 Å². The highest BCUT2D eigenvalue weighted by Gasteiger charge is 2.11. The van der Waals surface area contributed by atoms with E-state index in [1.165, 1.54) is 0 Å². The van der Waals surface area contributed by atoms with Gasteiger partial charge in [0.05, 0.1) is 23.9 Å². The van der Waals surface area contributed by atoms with Gasteiger partial charge in [-0.05, 0) is 39.8 Å². The number of nitrogens with one attached hydrogen (secondary N) is 1. The molecule has 96 valence electrons.